The molecule has 4 aliphatic rings. The van der Waals surface area contributed by atoms with E-state index >= 15 is 0 Å². The van der Waals surface area contributed by atoms with Crippen molar-refractivity contribution >= 4 is 0 Å². The largest absolute Gasteiger partial charge is 0.348 e. The van der Waals surface area contributed by atoms with Gasteiger partial charge in [-0.3, -0.25) is 4.90 Å². The normalized spacial score (nSPS) is 30.3. The Balaban J connectivity index is 1.25. The van der Waals surface area contributed by atoms with E-state index in [1.165, 1.54) is 51.6 Å². The predicted octanol–water partition coefficient (Wildman–Crippen LogP) is 4.63. The number of likely N-dealkylation sites (tertiary alicyclic amines) is 1. The Labute approximate surface area is 151 Å². The highest BCUT2D eigenvalue weighted by Gasteiger charge is 2.41. The number of ether oxygens (including phenoxy) is 2. The Morgan fingerprint density at radius 3 is 2.36 bits per heavy atom. The molecule has 2 saturated heterocycles. The topological polar surface area (TPSA) is 21.7 Å². The average molecular weight is 341 g/mol. The van der Waals surface area contributed by atoms with Gasteiger partial charge in [-0.15, -0.1) is 0 Å². The summed E-state index contributed by atoms with van der Waals surface area (Å²) in [4.78, 5) is 2.79. The third-order valence-corrected chi connectivity index (χ3v) is 6.91. The second kappa shape index (κ2) is 6.68. The molecule has 3 heteroatoms. The Morgan fingerprint density at radius 1 is 0.920 bits per heavy atom. The third kappa shape index (κ3) is 3.27. The summed E-state index contributed by atoms with van der Waals surface area (Å²) in [5.74, 6) is 1.46. The predicted molar refractivity (Wildman–Crippen MR) is 98.6 cm³/mol. The van der Waals surface area contributed by atoms with E-state index in [-0.39, 0.29) is 5.79 Å². The first kappa shape index (κ1) is 16.3. The molecule has 136 valence electrons. The summed E-state index contributed by atoms with van der Waals surface area (Å²) in [5, 5.41) is 0. The molecule has 0 aromatic heterocycles. The summed E-state index contributed by atoms with van der Waals surface area (Å²) in [6.45, 7) is 4.12. The molecular weight excluding hydrogens is 310 g/mol. The number of benzene rings is 1. The van der Waals surface area contributed by atoms with Crippen molar-refractivity contribution in [1.82, 2.24) is 4.90 Å². The van der Waals surface area contributed by atoms with E-state index in [2.05, 4.69) is 29.2 Å². The van der Waals surface area contributed by atoms with Crippen molar-refractivity contribution in [3.8, 4) is 0 Å². The highest BCUT2D eigenvalue weighted by atomic mass is 16.7. The molecule has 1 aromatic rings. The van der Waals surface area contributed by atoms with Crippen LogP contribution in [0.5, 0.6) is 0 Å². The second-order valence-electron chi connectivity index (χ2n) is 8.61. The Hall–Kier alpha value is -0.900. The average Bonchev–Trinajstić information content (AvgIpc) is 3.23. The molecule has 3 nitrogen and oxygen atoms in total. The first-order chi connectivity index (χ1) is 12.3. The zero-order valence-corrected chi connectivity index (χ0v) is 15.3. The van der Waals surface area contributed by atoms with Crippen LogP contribution in [0.2, 0.25) is 0 Å². The molecule has 1 spiro atoms. The summed E-state index contributed by atoms with van der Waals surface area (Å²) in [6, 6.07) is 9.94. The van der Waals surface area contributed by atoms with Crippen molar-refractivity contribution in [3.05, 3.63) is 35.4 Å². The molecule has 0 N–H and O–H groups in total. The van der Waals surface area contributed by atoms with Gasteiger partial charge < -0.3 is 9.47 Å². The molecule has 25 heavy (non-hydrogen) atoms. The first-order valence-electron chi connectivity index (χ1n) is 10.4. The molecule has 1 aromatic carbocycles. The van der Waals surface area contributed by atoms with Crippen LogP contribution in [-0.2, 0) is 9.47 Å². The van der Waals surface area contributed by atoms with Gasteiger partial charge in [0, 0.05) is 25.4 Å². The molecular formula is C22H31NO2. The number of rotatable bonds is 4. The minimum absolute atomic E-state index is 0.209. The molecule has 0 amide bonds. The fourth-order valence-electron chi connectivity index (χ4n) is 5.39. The maximum Gasteiger partial charge on any atom is 0.168 e. The van der Waals surface area contributed by atoms with Crippen LogP contribution < -0.4 is 0 Å². The summed E-state index contributed by atoms with van der Waals surface area (Å²) in [5.41, 5.74) is 3.28. The lowest BCUT2D eigenvalue weighted by Crippen LogP contribution is -2.38. The van der Waals surface area contributed by atoms with E-state index in [4.69, 9.17) is 9.47 Å². The third-order valence-electron chi connectivity index (χ3n) is 6.91. The lowest BCUT2D eigenvalue weighted by molar-refractivity contribution is -0.183. The highest BCUT2D eigenvalue weighted by molar-refractivity contribution is 5.36. The smallest absolute Gasteiger partial charge is 0.168 e. The summed E-state index contributed by atoms with van der Waals surface area (Å²) in [7, 11) is 0. The van der Waals surface area contributed by atoms with Gasteiger partial charge in [0.15, 0.2) is 5.79 Å². The summed E-state index contributed by atoms with van der Waals surface area (Å²) in [6.07, 6.45) is 10.2. The molecule has 4 fully saturated rings. The van der Waals surface area contributed by atoms with Crippen LogP contribution in [0.3, 0.4) is 0 Å². The SMILES string of the molecule is c1ccc([C@@H]2CCCN2CC2CCC3(CC2)OCCO3)c(C2CC2)c1. The van der Waals surface area contributed by atoms with Crippen LogP contribution in [0, 0.1) is 5.92 Å². The van der Waals surface area contributed by atoms with Crippen LogP contribution in [-0.4, -0.2) is 37.0 Å². The number of nitrogens with zero attached hydrogens (tertiary/aromatic N) is 1. The molecule has 2 aliphatic carbocycles. The lowest BCUT2D eigenvalue weighted by Gasteiger charge is -2.38. The van der Waals surface area contributed by atoms with Gasteiger partial charge in [0.25, 0.3) is 0 Å². The van der Waals surface area contributed by atoms with Crippen molar-refractivity contribution in [3.63, 3.8) is 0 Å². The van der Waals surface area contributed by atoms with Crippen LogP contribution in [0.4, 0.5) is 0 Å². The van der Waals surface area contributed by atoms with Crippen LogP contribution in [0.15, 0.2) is 24.3 Å². The van der Waals surface area contributed by atoms with Crippen LogP contribution in [0.25, 0.3) is 0 Å². The zero-order chi connectivity index (χ0) is 16.7. The number of hydrogen-bond acceptors (Lipinski definition) is 3. The standard InChI is InChI=1S/C22H31NO2/c1-2-5-20(19(4-1)18-7-8-18)21-6-3-13-23(21)16-17-9-11-22(12-10-17)24-14-15-25-22/h1-2,4-5,17-18,21H,3,6-16H2/t21-/m0/s1. The Kier molecular flexibility index (Phi) is 4.35. The van der Waals surface area contributed by atoms with E-state index in [9.17, 15) is 0 Å². The molecule has 0 radical (unpaired) electrons. The first-order valence-corrected chi connectivity index (χ1v) is 10.4. The molecule has 2 aliphatic heterocycles. The van der Waals surface area contributed by atoms with Gasteiger partial charge in [0.05, 0.1) is 13.2 Å². The fourth-order valence-corrected chi connectivity index (χ4v) is 5.39. The van der Waals surface area contributed by atoms with E-state index in [1.54, 1.807) is 11.1 Å². The Bertz CT molecular complexity index is 596. The van der Waals surface area contributed by atoms with Crippen molar-refractivity contribution in [2.24, 2.45) is 5.92 Å². The van der Waals surface area contributed by atoms with Gasteiger partial charge in [0.1, 0.15) is 0 Å². The van der Waals surface area contributed by atoms with Crippen molar-refractivity contribution in [2.75, 3.05) is 26.3 Å². The van der Waals surface area contributed by atoms with Crippen molar-refractivity contribution < 1.29 is 9.47 Å². The van der Waals surface area contributed by atoms with Crippen molar-refractivity contribution in [1.29, 1.82) is 0 Å². The molecule has 1 atom stereocenters. The maximum atomic E-state index is 5.90. The van der Waals surface area contributed by atoms with Crippen molar-refractivity contribution in [2.45, 2.75) is 69.1 Å². The molecule has 2 heterocycles. The molecule has 0 bridgehead atoms. The molecule has 2 saturated carbocycles. The van der Waals surface area contributed by atoms with Gasteiger partial charge in [-0.05, 0) is 68.0 Å². The summed E-state index contributed by atoms with van der Waals surface area (Å²) < 4.78 is 11.8. The minimum atomic E-state index is -0.209. The minimum Gasteiger partial charge on any atom is -0.348 e. The zero-order valence-electron chi connectivity index (χ0n) is 15.3. The van der Waals surface area contributed by atoms with E-state index < -0.39 is 0 Å². The van der Waals surface area contributed by atoms with E-state index in [0.717, 1.165) is 37.9 Å². The second-order valence-corrected chi connectivity index (χ2v) is 8.61. The maximum absolute atomic E-state index is 5.90. The van der Waals surface area contributed by atoms with Gasteiger partial charge >= 0.3 is 0 Å². The van der Waals surface area contributed by atoms with Crippen LogP contribution >= 0.6 is 0 Å². The summed E-state index contributed by atoms with van der Waals surface area (Å²) >= 11 is 0. The van der Waals surface area contributed by atoms with E-state index in [1.807, 2.05) is 0 Å². The molecule has 5 rings (SSSR count). The lowest BCUT2D eigenvalue weighted by atomic mass is 9.84. The number of hydrogen-bond donors (Lipinski definition) is 0. The highest BCUT2D eigenvalue weighted by Crippen LogP contribution is 2.46. The van der Waals surface area contributed by atoms with Gasteiger partial charge in [0.2, 0.25) is 0 Å². The van der Waals surface area contributed by atoms with Gasteiger partial charge in [-0.2, -0.15) is 0 Å². The quantitative estimate of drug-likeness (QED) is 0.797. The monoisotopic (exact) mass is 341 g/mol. The van der Waals surface area contributed by atoms with E-state index in [0.29, 0.717) is 6.04 Å². The van der Waals surface area contributed by atoms with Gasteiger partial charge in [-0.25, -0.2) is 0 Å². The van der Waals surface area contributed by atoms with Gasteiger partial charge in [-0.1, -0.05) is 24.3 Å². The Morgan fingerprint density at radius 2 is 1.64 bits per heavy atom. The van der Waals surface area contributed by atoms with Crippen LogP contribution in [0.1, 0.15) is 74.5 Å². The fraction of sp³-hybridized carbons (Fsp3) is 0.727. The molecule has 0 unspecified atom stereocenters.